The highest BCUT2D eigenvalue weighted by atomic mass is 15.1. The minimum Gasteiger partial charge on any atom is -0.301 e. The Morgan fingerprint density at radius 2 is 1.36 bits per heavy atom. The van der Waals surface area contributed by atoms with Gasteiger partial charge in [-0.2, -0.15) is 0 Å². The van der Waals surface area contributed by atoms with Crippen molar-refractivity contribution < 1.29 is 0 Å². The summed E-state index contributed by atoms with van der Waals surface area (Å²) < 4.78 is 0. The van der Waals surface area contributed by atoms with Gasteiger partial charge in [-0.3, -0.25) is 0 Å². The van der Waals surface area contributed by atoms with Gasteiger partial charge in [0, 0.05) is 6.04 Å². The third-order valence-corrected chi connectivity index (χ3v) is 4.78. The zero-order valence-electron chi connectivity index (χ0n) is 15.2. The van der Waals surface area contributed by atoms with Gasteiger partial charge in [-0.15, -0.1) is 0 Å². The molecule has 0 heterocycles. The number of likely N-dealkylation sites (N-methyl/N-ethyl adjacent to an activating group) is 1. The summed E-state index contributed by atoms with van der Waals surface area (Å²) in [6.07, 6.45) is 12.4. The molecular weight excluding hydrogens is 266 g/mol. The molecule has 0 aliphatic heterocycles. The van der Waals surface area contributed by atoms with E-state index in [1.807, 2.05) is 0 Å². The molecule has 22 heavy (non-hydrogen) atoms. The standard InChI is InChI=1S/C21H37N/c1-4-7-8-9-10-11-15-18-21(22(5-2)6-3)19-20-16-13-12-14-17-20/h12-14,16-17,21H,4-11,15,18-19H2,1-3H3. The van der Waals surface area contributed by atoms with Gasteiger partial charge in [0.1, 0.15) is 0 Å². The van der Waals surface area contributed by atoms with Gasteiger partial charge >= 0.3 is 0 Å². The number of nitrogens with zero attached hydrogens (tertiary/aromatic N) is 1. The summed E-state index contributed by atoms with van der Waals surface area (Å²) in [4.78, 5) is 2.64. The molecule has 0 N–H and O–H groups in total. The predicted molar refractivity (Wildman–Crippen MR) is 99.5 cm³/mol. The SMILES string of the molecule is CCCCCCCCCC(Cc1ccccc1)N(CC)CC. The van der Waals surface area contributed by atoms with Crippen molar-refractivity contribution in [2.24, 2.45) is 0 Å². The lowest BCUT2D eigenvalue weighted by Gasteiger charge is -2.30. The van der Waals surface area contributed by atoms with Crippen LogP contribution in [0.25, 0.3) is 0 Å². The molecule has 1 heteroatoms. The number of hydrogen-bond acceptors (Lipinski definition) is 1. The molecule has 0 aliphatic carbocycles. The summed E-state index contributed by atoms with van der Waals surface area (Å²) in [6, 6.07) is 11.7. The second-order valence-corrected chi connectivity index (χ2v) is 6.47. The molecule has 1 atom stereocenters. The summed E-state index contributed by atoms with van der Waals surface area (Å²) in [5.74, 6) is 0. The van der Waals surface area contributed by atoms with Gasteiger partial charge in [0.25, 0.3) is 0 Å². The molecule has 1 unspecified atom stereocenters. The lowest BCUT2D eigenvalue weighted by atomic mass is 9.98. The van der Waals surface area contributed by atoms with Crippen LogP contribution in [0.4, 0.5) is 0 Å². The van der Waals surface area contributed by atoms with E-state index in [0.29, 0.717) is 6.04 Å². The Morgan fingerprint density at radius 3 is 1.95 bits per heavy atom. The van der Waals surface area contributed by atoms with E-state index in [9.17, 15) is 0 Å². The first-order valence-electron chi connectivity index (χ1n) is 9.59. The number of benzene rings is 1. The van der Waals surface area contributed by atoms with E-state index in [-0.39, 0.29) is 0 Å². The van der Waals surface area contributed by atoms with Crippen molar-refractivity contribution in [3.05, 3.63) is 35.9 Å². The Kier molecular flexibility index (Phi) is 11.1. The van der Waals surface area contributed by atoms with Crippen molar-refractivity contribution in [3.63, 3.8) is 0 Å². The van der Waals surface area contributed by atoms with E-state index >= 15 is 0 Å². The minimum absolute atomic E-state index is 0.716. The summed E-state index contributed by atoms with van der Waals surface area (Å²) in [7, 11) is 0. The minimum atomic E-state index is 0.716. The number of unbranched alkanes of at least 4 members (excludes halogenated alkanes) is 6. The molecule has 0 aliphatic rings. The van der Waals surface area contributed by atoms with Crippen LogP contribution in [0.15, 0.2) is 30.3 Å². The molecule has 126 valence electrons. The number of hydrogen-bond donors (Lipinski definition) is 0. The largest absolute Gasteiger partial charge is 0.301 e. The highest BCUT2D eigenvalue weighted by Crippen LogP contribution is 2.17. The second kappa shape index (κ2) is 12.7. The van der Waals surface area contributed by atoms with Crippen LogP contribution in [-0.2, 0) is 6.42 Å². The molecule has 1 aromatic rings. The maximum absolute atomic E-state index is 2.64. The molecule has 0 spiro atoms. The van der Waals surface area contributed by atoms with Crippen LogP contribution in [0.3, 0.4) is 0 Å². The third kappa shape index (κ3) is 7.98. The van der Waals surface area contributed by atoms with Crippen LogP contribution in [0.5, 0.6) is 0 Å². The van der Waals surface area contributed by atoms with Crippen molar-refractivity contribution in [2.45, 2.75) is 84.6 Å². The van der Waals surface area contributed by atoms with E-state index in [4.69, 9.17) is 0 Å². The number of rotatable bonds is 13. The molecule has 0 radical (unpaired) electrons. The molecule has 1 aromatic carbocycles. The van der Waals surface area contributed by atoms with Crippen LogP contribution in [0.1, 0.15) is 77.7 Å². The Labute approximate surface area is 139 Å². The normalized spacial score (nSPS) is 12.7. The van der Waals surface area contributed by atoms with Crippen LogP contribution >= 0.6 is 0 Å². The van der Waals surface area contributed by atoms with E-state index in [1.165, 1.54) is 76.4 Å². The van der Waals surface area contributed by atoms with E-state index in [1.54, 1.807) is 0 Å². The molecule has 1 rings (SSSR count). The molecule has 0 aromatic heterocycles. The molecular formula is C21H37N. The fourth-order valence-corrected chi connectivity index (χ4v) is 3.38. The molecule has 0 bridgehead atoms. The Hall–Kier alpha value is -0.820. The molecule has 0 saturated heterocycles. The van der Waals surface area contributed by atoms with Crippen molar-refractivity contribution in [3.8, 4) is 0 Å². The van der Waals surface area contributed by atoms with Gasteiger partial charge in [-0.05, 0) is 31.5 Å². The zero-order valence-corrected chi connectivity index (χ0v) is 15.2. The topological polar surface area (TPSA) is 3.24 Å². The van der Waals surface area contributed by atoms with Crippen molar-refractivity contribution in [2.75, 3.05) is 13.1 Å². The van der Waals surface area contributed by atoms with Crippen molar-refractivity contribution in [1.82, 2.24) is 4.90 Å². The maximum atomic E-state index is 2.64. The zero-order chi connectivity index (χ0) is 16.0. The fourth-order valence-electron chi connectivity index (χ4n) is 3.38. The average Bonchev–Trinajstić information content (AvgIpc) is 2.56. The first kappa shape index (κ1) is 19.2. The van der Waals surface area contributed by atoms with E-state index in [2.05, 4.69) is 56.0 Å². The lowest BCUT2D eigenvalue weighted by molar-refractivity contribution is 0.200. The molecule has 1 nitrogen and oxygen atoms in total. The summed E-state index contributed by atoms with van der Waals surface area (Å²) in [5, 5.41) is 0. The van der Waals surface area contributed by atoms with Gasteiger partial charge in [-0.1, -0.05) is 96.0 Å². The van der Waals surface area contributed by atoms with Gasteiger partial charge in [0.05, 0.1) is 0 Å². The fraction of sp³-hybridized carbons (Fsp3) is 0.714. The summed E-state index contributed by atoms with van der Waals surface area (Å²) in [6.45, 7) is 9.23. The molecule has 0 fully saturated rings. The van der Waals surface area contributed by atoms with Gasteiger partial charge in [-0.25, -0.2) is 0 Å². The predicted octanol–water partition coefficient (Wildman–Crippen LogP) is 6.08. The van der Waals surface area contributed by atoms with E-state index < -0.39 is 0 Å². The quantitative estimate of drug-likeness (QED) is 0.399. The Morgan fingerprint density at radius 1 is 0.773 bits per heavy atom. The van der Waals surface area contributed by atoms with Gasteiger partial charge in [0.15, 0.2) is 0 Å². The monoisotopic (exact) mass is 303 g/mol. The molecule has 0 amide bonds. The maximum Gasteiger partial charge on any atom is 0.0135 e. The van der Waals surface area contributed by atoms with Gasteiger partial charge < -0.3 is 4.90 Å². The van der Waals surface area contributed by atoms with Crippen LogP contribution < -0.4 is 0 Å². The highest BCUT2D eigenvalue weighted by molar-refractivity contribution is 5.15. The smallest absolute Gasteiger partial charge is 0.0135 e. The highest BCUT2D eigenvalue weighted by Gasteiger charge is 2.15. The second-order valence-electron chi connectivity index (χ2n) is 6.47. The average molecular weight is 304 g/mol. The summed E-state index contributed by atoms with van der Waals surface area (Å²) in [5.41, 5.74) is 1.49. The van der Waals surface area contributed by atoms with Crippen molar-refractivity contribution >= 4 is 0 Å². The Bertz CT molecular complexity index is 342. The van der Waals surface area contributed by atoms with Crippen LogP contribution in [-0.4, -0.2) is 24.0 Å². The Balaban J connectivity index is 2.35. The first-order chi connectivity index (χ1) is 10.8. The van der Waals surface area contributed by atoms with Crippen molar-refractivity contribution in [1.29, 1.82) is 0 Å². The van der Waals surface area contributed by atoms with Crippen LogP contribution in [0, 0.1) is 0 Å². The first-order valence-corrected chi connectivity index (χ1v) is 9.59. The molecule has 0 saturated carbocycles. The van der Waals surface area contributed by atoms with E-state index in [0.717, 1.165) is 0 Å². The summed E-state index contributed by atoms with van der Waals surface area (Å²) >= 11 is 0. The van der Waals surface area contributed by atoms with Gasteiger partial charge in [0.2, 0.25) is 0 Å². The van der Waals surface area contributed by atoms with Crippen LogP contribution in [0.2, 0.25) is 0 Å². The third-order valence-electron chi connectivity index (χ3n) is 4.78. The lowest BCUT2D eigenvalue weighted by Crippen LogP contribution is -2.36.